The van der Waals surface area contributed by atoms with Gasteiger partial charge in [0.15, 0.2) is 0 Å². The van der Waals surface area contributed by atoms with E-state index in [2.05, 4.69) is 15.4 Å². The van der Waals surface area contributed by atoms with E-state index in [1.54, 1.807) is 24.3 Å². The van der Waals surface area contributed by atoms with Crippen molar-refractivity contribution in [3.05, 3.63) is 64.7 Å². The maximum atomic E-state index is 11.4. The summed E-state index contributed by atoms with van der Waals surface area (Å²) in [5.74, 6) is -0.350. The fourth-order valence-corrected chi connectivity index (χ4v) is 2.53. The van der Waals surface area contributed by atoms with Gasteiger partial charge in [-0.1, -0.05) is 23.7 Å². The van der Waals surface area contributed by atoms with Crippen LogP contribution < -0.4 is 10.6 Å². The first-order valence-corrected chi connectivity index (χ1v) is 8.46. The van der Waals surface area contributed by atoms with Crippen LogP contribution in [0, 0.1) is 0 Å². The zero-order valence-corrected chi connectivity index (χ0v) is 15.1. The number of aliphatic hydroxyl groups excluding tert-OH is 1. The zero-order valence-electron chi connectivity index (χ0n) is 14.3. The van der Waals surface area contributed by atoms with Gasteiger partial charge in [-0.15, -0.1) is 0 Å². The van der Waals surface area contributed by atoms with Gasteiger partial charge in [-0.05, 0) is 48.9 Å². The van der Waals surface area contributed by atoms with Gasteiger partial charge in [0.25, 0.3) is 0 Å². The number of ether oxygens (including phenoxy) is 1. The molecule has 0 fully saturated rings. The van der Waals surface area contributed by atoms with E-state index in [1.807, 2.05) is 31.2 Å². The van der Waals surface area contributed by atoms with Gasteiger partial charge in [0.1, 0.15) is 0 Å². The highest BCUT2D eigenvalue weighted by molar-refractivity contribution is 6.30. The minimum absolute atomic E-state index is 0.147. The lowest BCUT2D eigenvalue weighted by atomic mass is 10.1. The first-order chi connectivity index (χ1) is 12.0. The van der Waals surface area contributed by atoms with Crippen LogP contribution in [0.25, 0.3) is 0 Å². The van der Waals surface area contributed by atoms with Crippen molar-refractivity contribution >= 4 is 23.3 Å². The number of hydrogen-bond donors (Lipinski definition) is 3. The first kappa shape index (κ1) is 19.2. The van der Waals surface area contributed by atoms with Gasteiger partial charge < -0.3 is 20.5 Å². The second-order valence-electron chi connectivity index (χ2n) is 5.83. The Morgan fingerprint density at radius 1 is 1.20 bits per heavy atom. The molecule has 25 heavy (non-hydrogen) atoms. The Labute approximate surface area is 153 Å². The minimum Gasteiger partial charge on any atom is -0.465 e. The van der Waals surface area contributed by atoms with Gasteiger partial charge in [-0.25, -0.2) is 4.79 Å². The van der Waals surface area contributed by atoms with Gasteiger partial charge in [-0.3, -0.25) is 0 Å². The third-order valence-corrected chi connectivity index (χ3v) is 4.05. The van der Waals surface area contributed by atoms with Gasteiger partial charge in [0.05, 0.1) is 18.8 Å². The Bertz CT molecular complexity index is 691. The molecule has 134 valence electrons. The first-order valence-electron chi connectivity index (χ1n) is 8.08. The van der Waals surface area contributed by atoms with E-state index in [0.717, 1.165) is 11.3 Å². The summed E-state index contributed by atoms with van der Waals surface area (Å²) < 4.78 is 4.67. The van der Waals surface area contributed by atoms with Gasteiger partial charge >= 0.3 is 5.97 Å². The highest BCUT2D eigenvalue weighted by Gasteiger charge is 2.10. The fourth-order valence-electron chi connectivity index (χ4n) is 2.33. The molecular formula is C19H23ClN2O3. The predicted molar refractivity (Wildman–Crippen MR) is 100 cm³/mol. The number of halogens is 1. The summed E-state index contributed by atoms with van der Waals surface area (Å²) in [5, 5.41) is 17.4. The molecule has 0 bridgehead atoms. The molecule has 3 N–H and O–H groups in total. The Hall–Kier alpha value is -2.08. The summed E-state index contributed by atoms with van der Waals surface area (Å²) in [4.78, 5) is 11.4. The normalized spacial score (nSPS) is 13.1. The smallest absolute Gasteiger partial charge is 0.337 e. The van der Waals surface area contributed by atoms with Crippen molar-refractivity contribution in [2.24, 2.45) is 0 Å². The van der Waals surface area contributed by atoms with Gasteiger partial charge in [-0.2, -0.15) is 0 Å². The number of benzene rings is 2. The van der Waals surface area contributed by atoms with Crippen molar-refractivity contribution in [2.75, 3.05) is 25.5 Å². The molecule has 2 aromatic carbocycles. The van der Waals surface area contributed by atoms with Crippen LogP contribution in [0.2, 0.25) is 5.02 Å². The number of hydrogen-bond acceptors (Lipinski definition) is 5. The summed E-state index contributed by atoms with van der Waals surface area (Å²) >= 11 is 5.94. The third kappa shape index (κ3) is 6.05. The monoisotopic (exact) mass is 362 g/mol. The lowest BCUT2D eigenvalue weighted by Gasteiger charge is -2.18. The second-order valence-corrected chi connectivity index (χ2v) is 6.27. The van der Waals surface area contributed by atoms with Crippen LogP contribution in [0.5, 0.6) is 0 Å². The topological polar surface area (TPSA) is 70.6 Å². The molecule has 0 aliphatic carbocycles. The molecule has 0 amide bonds. The van der Waals surface area contributed by atoms with Crippen LogP contribution in [-0.2, 0) is 4.74 Å². The Morgan fingerprint density at radius 2 is 1.92 bits per heavy atom. The molecule has 2 atom stereocenters. The lowest BCUT2D eigenvalue weighted by Crippen LogP contribution is -2.35. The Kier molecular flexibility index (Phi) is 7.25. The van der Waals surface area contributed by atoms with Crippen LogP contribution in [0.3, 0.4) is 0 Å². The molecular weight excluding hydrogens is 340 g/mol. The summed E-state index contributed by atoms with van der Waals surface area (Å²) in [5.41, 5.74) is 2.22. The quantitative estimate of drug-likeness (QED) is 0.629. The van der Waals surface area contributed by atoms with E-state index in [-0.39, 0.29) is 12.0 Å². The highest BCUT2D eigenvalue weighted by atomic mass is 35.5. The molecule has 0 aromatic heterocycles. The zero-order chi connectivity index (χ0) is 18.2. The largest absolute Gasteiger partial charge is 0.465 e. The van der Waals surface area contributed by atoms with E-state index < -0.39 is 6.10 Å². The summed E-state index contributed by atoms with van der Waals surface area (Å²) in [7, 11) is 1.36. The number of rotatable bonds is 8. The molecule has 0 spiro atoms. The van der Waals surface area contributed by atoms with Gasteiger partial charge in [0, 0.05) is 29.8 Å². The second kappa shape index (κ2) is 9.42. The summed E-state index contributed by atoms with van der Waals surface area (Å²) in [6, 6.07) is 14.5. The van der Waals surface area contributed by atoms with E-state index >= 15 is 0 Å². The van der Waals surface area contributed by atoms with Crippen LogP contribution in [0.15, 0.2) is 48.5 Å². The third-order valence-electron chi connectivity index (χ3n) is 3.81. The number of carbonyl (C=O) groups excluding carboxylic acids is 1. The van der Waals surface area contributed by atoms with Crippen molar-refractivity contribution < 1.29 is 14.6 Å². The number of anilines is 1. The summed E-state index contributed by atoms with van der Waals surface area (Å²) in [6.07, 6.45) is -0.611. The Morgan fingerprint density at radius 3 is 2.56 bits per heavy atom. The SMILES string of the molecule is COC(=O)c1ccc(NC[C@@H](C)NC[C@H](O)c2cccc(Cl)c2)cc1. The maximum absolute atomic E-state index is 11.4. The number of aliphatic hydroxyl groups is 1. The molecule has 0 unspecified atom stereocenters. The van der Waals surface area contributed by atoms with Crippen LogP contribution in [0.1, 0.15) is 28.9 Å². The molecule has 2 aromatic rings. The van der Waals surface area contributed by atoms with Crippen molar-refractivity contribution in [3.63, 3.8) is 0 Å². The summed E-state index contributed by atoms with van der Waals surface area (Å²) in [6.45, 7) is 3.14. The Balaban J connectivity index is 1.76. The average molecular weight is 363 g/mol. The molecule has 0 saturated carbocycles. The van der Waals surface area contributed by atoms with Crippen LogP contribution in [-0.4, -0.2) is 37.3 Å². The molecule has 0 heterocycles. The average Bonchev–Trinajstić information content (AvgIpc) is 2.64. The van der Waals surface area contributed by atoms with Crippen LogP contribution in [0.4, 0.5) is 5.69 Å². The number of nitrogens with one attached hydrogen (secondary N) is 2. The van der Waals surface area contributed by atoms with Crippen molar-refractivity contribution in [3.8, 4) is 0 Å². The van der Waals surface area contributed by atoms with Crippen LogP contribution >= 0.6 is 11.6 Å². The maximum Gasteiger partial charge on any atom is 0.337 e. The van der Waals surface area contributed by atoms with E-state index in [9.17, 15) is 9.90 Å². The van der Waals surface area contributed by atoms with Crippen molar-refractivity contribution in [1.82, 2.24) is 5.32 Å². The van der Waals surface area contributed by atoms with Gasteiger partial charge in [0.2, 0.25) is 0 Å². The molecule has 6 heteroatoms. The predicted octanol–water partition coefficient (Wildman–Crippen LogP) is 3.25. The van der Waals surface area contributed by atoms with Crippen molar-refractivity contribution in [1.29, 1.82) is 0 Å². The van der Waals surface area contributed by atoms with E-state index in [0.29, 0.717) is 23.7 Å². The standard InChI is InChI=1S/C19H23ClN2O3/c1-13(21-12-18(23)15-4-3-5-16(20)10-15)11-22-17-8-6-14(7-9-17)19(24)25-2/h3-10,13,18,21-23H,11-12H2,1-2H3/t13-,18+/m1/s1. The highest BCUT2D eigenvalue weighted by Crippen LogP contribution is 2.17. The van der Waals surface area contributed by atoms with Crippen molar-refractivity contribution in [2.45, 2.75) is 19.1 Å². The molecule has 5 nitrogen and oxygen atoms in total. The molecule has 0 saturated heterocycles. The van der Waals surface area contributed by atoms with E-state index in [1.165, 1.54) is 7.11 Å². The molecule has 0 aliphatic heterocycles. The lowest BCUT2D eigenvalue weighted by molar-refractivity contribution is 0.0601. The number of carbonyl (C=O) groups is 1. The fraction of sp³-hybridized carbons (Fsp3) is 0.316. The molecule has 0 aliphatic rings. The molecule has 0 radical (unpaired) electrons. The number of esters is 1. The minimum atomic E-state index is -0.611. The molecule has 2 rings (SSSR count). The number of methoxy groups -OCH3 is 1. The van der Waals surface area contributed by atoms with E-state index in [4.69, 9.17) is 11.6 Å².